The van der Waals surface area contributed by atoms with Crippen LogP contribution >= 0.6 is 11.3 Å². The summed E-state index contributed by atoms with van der Waals surface area (Å²) in [7, 11) is 0. The number of benzene rings is 1. The molecule has 3 aromatic rings. The van der Waals surface area contributed by atoms with Crippen molar-refractivity contribution in [1.29, 1.82) is 0 Å². The Morgan fingerprint density at radius 1 is 1.22 bits per heavy atom. The van der Waals surface area contributed by atoms with Crippen LogP contribution in [0.15, 0.2) is 52.4 Å². The van der Waals surface area contributed by atoms with Gasteiger partial charge in [0.2, 0.25) is 0 Å². The third kappa shape index (κ3) is 8.50. The predicted molar refractivity (Wildman–Crippen MR) is 121 cm³/mol. The molecule has 1 aromatic carbocycles. The van der Waals surface area contributed by atoms with Crippen molar-refractivity contribution in [3.63, 3.8) is 0 Å². The van der Waals surface area contributed by atoms with Crippen LogP contribution < -0.4 is 10.1 Å². The van der Waals surface area contributed by atoms with Crippen LogP contribution in [0.5, 0.6) is 5.75 Å². The number of aliphatic hydroxyl groups is 1. The fraction of sp³-hybridized carbons (Fsp3) is 0.318. The summed E-state index contributed by atoms with van der Waals surface area (Å²) >= 11 is 1.60. The Balaban J connectivity index is 0.000000390. The number of nitrogens with zero attached hydrogens (tertiary/aromatic N) is 1. The van der Waals surface area contributed by atoms with Crippen molar-refractivity contribution in [2.45, 2.75) is 32.4 Å². The van der Waals surface area contributed by atoms with Crippen LogP contribution in [-0.4, -0.2) is 57.2 Å². The van der Waals surface area contributed by atoms with E-state index in [0.717, 1.165) is 21.5 Å². The van der Waals surface area contributed by atoms with Crippen LogP contribution in [0.1, 0.15) is 20.8 Å². The van der Waals surface area contributed by atoms with Gasteiger partial charge in [0.05, 0.1) is 0 Å². The third-order valence-electron chi connectivity index (χ3n) is 3.87. The number of aliphatic carboxylic acids is 2. The first kappa shape index (κ1) is 25.1. The van der Waals surface area contributed by atoms with Crippen LogP contribution in [-0.2, 0) is 9.59 Å². The number of hydrogen-bond acceptors (Lipinski definition) is 8. The molecule has 10 heteroatoms. The van der Waals surface area contributed by atoms with Gasteiger partial charge in [-0.25, -0.2) is 9.59 Å². The van der Waals surface area contributed by atoms with Crippen molar-refractivity contribution in [2.24, 2.45) is 0 Å². The minimum absolute atomic E-state index is 0.0278. The van der Waals surface area contributed by atoms with E-state index in [-0.39, 0.29) is 12.1 Å². The number of nitrogens with one attached hydrogen (secondary N) is 1. The van der Waals surface area contributed by atoms with E-state index in [9.17, 15) is 14.7 Å². The molecule has 3 rings (SSSR count). The molecule has 0 aliphatic rings. The number of aromatic nitrogens is 1. The van der Waals surface area contributed by atoms with Gasteiger partial charge in [-0.2, -0.15) is 0 Å². The van der Waals surface area contributed by atoms with E-state index in [1.807, 2.05) is 35.7 Å². The Hall–Kier alpha value is -3.21. The van der Waals surface area contributed by atoms with Crippen molar-refractivity contribution < 1.29 is 34.2 Å². The Kier molecular flexibility index (Phi) is 8.94. The molecule has 4 N–H and O–H groups in total. The molecule has 0 spiro atoms. The van der Waals surface area contributed by atoms with E-state index in [1.54, 1.807) is 11.3 Å². The van der Waals surface area contributed by atoms with E-state index in [0.29, 0.717) is 24.4 Å². The molecule has 32 heavy (non-hydrogen) atoms. The molecule has 0 aliphatic heterocycles. The largest absolute Gasteiger partial charge is 0.491 e. The lowest BCUT2D eigenvalue weighted by atomic mass is 10.1. The van der Waals surface area contributed by atoms with Gasteiger partial charge in [-0.15, -0.1) is 11.3 Å². The summed E-state index contributed by atoms with van der Waals surface area (Å²) in [6.45, 7) is 6.91. The summed E-state index contributed by atoms with van der Waals surface area (Å²) < 4.78 is 12.1. The van der Waals surface area contributed by atoms with Gasteiger partial charge in [0.15, 0.2) is 5.58 Å². The first-order chi connectivity index (χ1) is 15.0. The molecule has 0 aliphatic carbocycles. The van der Waals surface area contributed by atoms with E-state index >= 15 is 0 Å². The topological polar surface area (TPSA) is 142 Å². The zero-order valence-electron chi connectivity index (χ0n) is 17.9. The second-order valence-electron chi connectivity index (χ2n) is 7.78. The first-order valence-electron chi connectivity index (χ1n) is 9.68. The summed E-state index contributed by atoms with van der Waals surface area (Å²) in [6.07, 6.45) is 0.550. The maximum Gasteiger partial charge on any atom is 0.328 e. The van der Waals surface area contributed by atoms with Crippen molar-refractivity contribution >= 4 is 33.6 Å². The predicted octanol–water partition coefficient (Wildman–Crippen LogP) is 3.40. The van der Waals surface area contributed by atoms with Crippen LogP contribution in [0, 0.1) is 0 Å². The molecule has 0 amide bonds. The minimum Gasteiger partial charge on any atom is -0.491 e. The number of β-amino-alcohol motifs (C(OH)–C–C–N with tert-alkyl or cyclic N) is 1. The number of carboxylic acids is 2. The zero-order valence-corrected chi connectivity index (χ0v) is 18.8. The third-order valence-corrected chi connectivity index (χ3v) is 4.77. The molecule has 2 heterocycles. The van der Waals surface area contributed by atoms with Gasteiger partial charge < -0.3 is 29.9 Å². The Morgan fingerprint density at radius 3 is 2.53 bits per heavy atom. The molecule has 0 saturated carbocycles. The number of fused-ring (bicyclic) bond motifs is 1. The Bertz CT molecular complexity index is 1050. The molecular formula is C22H26N2O7S. The maximum absolute atomic E-state index is 10.0. The lowest BCUT2D eigenvalue weighted by Crippen LogP contribution is -2.42. The van der Waals surface area contributed by atoms with E-state index in [4.69, 9.17) is 19.5 Å². The van der Waals surface area contributed by atoms with Gasteiger partial charge in [0, 0.05) is 29.8 Å². The van der Waals surface area contributed by atoms with Crippen molar-refractivity contribution in [3.8, 4) is 17.0 Å². The lowest BCUT2D eigenvalue weighted by Gasteiger charge is -2.23. The van der Waals surface area contributed by atoms with Crippen LogP contribution in [0.25, 0.3) is 21.5 Å². The summed E-state index contributed by atoms with van der Waals surface area (Å²) in [5, 5.41) is 35.0. The van der Waals surface area contributed by atoms with Gasteiger partial charge >= 0.3 is 11.9 Å². The highest BCUT2D eigenvalue weighted by molar-refractivity contribution is 7.17. The normalized spacial score (nSPS) is 12.4. The SMILES string of the molecule is CC(C)(C)NCC(O)COc1cccc(-c2noc3ccsc23)c1.O=C(O)C=CC(=O)O. The van der Waals surface area contributed by atoms with Gasteiger partial charge in [0.1, 0.15) is 28.9 Å². The standard InChI is InChI=1S/C18H22N2O3S.C4H4O4/c1-18(2,3)19-10-13(21)11-22-14-6-4-5-12(9-14)16-17-15(23-20-16)7-8-24-17;5-3(6)1-2-4(7)8/h4-9,13,19,21H,10-11H2,1-3H3;1-2H,(H,5,6)(H,7,8). The average molecular weight is 463 g/mol. The molecule has 0 saturated heterocycles. The molecule has 2 aromatic heterocycles. The van der Waals surface area contributed by atoms with Gasteiger partial charge in [-0.3, -0.25) is 0 Å². The minimum atomic E-state index is -1.26. The summed E-state index contributed by atoms with van der Waals surface area (Å²) in [4.78, 5) is 19.1. The summed E-state index contributed by atoms with van der Waals surface area (Å²) in [5.41, 5.74) is 2.53. The van der Waals surface area contributed by atoms with E-state index < -0.39 is 18.0 Å². The van der Waals surface area contributed by atoms with Crippen LogP contribution in [0.3, 0.4) is 0 Å². The van der Waals surface area contributed by atoms with Crippen LogP contribution in [0.4, 0.5) is 0 Å². The number of aliphatic hydroxyl groups excluding tert-OH is 1. The Morgan fingerprint density at radius 2 is 1.91 bits per heavy atom. The molecular weight excluding hydrogens is 436 g/mol. The summed E-state index contributed by atoms with van der Waals surface area (Å²) in [6, 6.07) is 9.59. The smallest absolute Gasteiger partial charge is 0.328 e. The molecule has 1 atom stereocenters. The molecule has 172 valence electrons. The average Bonchev–Trinajstić information content (AvgIpc) is 3.33. The fourth-order valence-electron chi connectivity index (χ4n) is 2.41. The maximum atomic E-state index is 10.0. The van der Waals surface area contributed by atoms with Gasteiger partial charge in [-0.1, -0.05) is 17.3 Å². The summed E-state index contributed by atoms with van der Waals surface area (Å²) in [5.74, 6) is -1.81. The molecule has 1 unspecified atom stereocenters. The van der Waals surface area contributed by atoms with Gasteiger partial charge in [-0.05, 0) is 44.4 Å². The molecule has 9 nitrogen and oxygen atoms in total. The van der Waals surface area contributed by atoms with Crippen LogP contribution in [0.2, 0.25) is 0 Å². The number of carbonyl (C=O) groups is 2. The molecule has 0 fully saturated rings. The number of thiophene rings is 1. The Labute approximate surface area is 188 Å². The number of hydrogen-bond donors (Lipinski definition) is 4. The fourth-order valence-corrected chi connectivity index (χ4v) is 3.23. The highest BCUT2D eigenvalue weighted by atomic mass is 32.1. The first-order valence-corrected chi connectivity index (χ1v) is 10.6. The van der Waals surface area contributed by atoms with E-state index in [1.165, 1.54) is 0 Å². The quantitative estimate of drug-likeness (QED) is 0.370. The second kappa shape index (κ2) is 11.4. The highest BCUT2D eigenvalue weighted by Crippen LogP contribution is 2.33. The van der Waals surface area contributed by atoms with Crippen molar-refractivity contribution in [2.75, 3.05) is 13.2 Å². The molecule has 0 radical (unpaired) electrons. The number of ether oxygens (including phenoxy) is 1. The molecule has 0 bridgehead atoms. The zero-order chi connectivity index (χ0) is 23.7. The van der Waals surface area contributed by atoms with Crippen molar-refractivity contribution in [3.05, 3.63) is 47.9 Å². The lowest BCUT2D eigenvalue weighted by molar-refractivity contribution is -0.134. The van der Waals surface area contributed by atoms with Gasteiger partial charge in [0.25, 0.3) is 0 Å². The monoisotopic (exact) mass is 462 g/mol. The van der Waals surface area contributed by atoms with E-state index in [2.05, 4.69) is 31.2 Å². The second-order valence-corrected chi connectivity index (χ2v) is 8.69. The van der Waals surface area contributed by atoms with Crippen molar-refractivity contribution in [1.82, 2.24) is 10.5 Å². The number of rotatable bonds is 8. The number of carboxylic acid groups (broad SMARTS) is 2. The highest BCUT2D eigenvalue weighted by Gasteiger charge is 2.14.